The molecule has 2 N–H and O–H groups in total. The van der Waals surface area contributed by atoms with Crippen LogP contribution in [0.1, 0.15) is 192 Å². The molecular formula is C74H96N6O25. The van der Waals surface area contributed by atoms with Gasteiger partial charge in [-0.3, -0.25) is 33.6 Å². The summed E-state index contributed by atoms with van der Waals surface area (Å²) < 4.78 is 95.3. The Morgan fingerprint density at radius 1 is 0.362 bits per heavy atom. The fourth-order valence-electron chi connectivity index (χ4n) is 11.4. The Morgan fingerprint density at radius 2 is 0.638 bits per heavy atom. The van der Waals surface area contributed by atoms with Crippen LogP contribution in [0.15, 0.2) is 101 Å². The molecule has 8 aliphatic heterocycles. The predicted molar refractivity (Wildman–Crippen MR) is 371 cm³/mol. The fourth-order valence-corrected chi connectivity index (χ4v) is 11.4. The number of H-pyrrole nitrogens is 2. The van der Waals surface area contributed by atoms with Gasteiger partial charge in [0.25, 0.3) is 23.0 Å². The fraction of sp³-hybridized carbons (Fsp3) is 0.527. The molecule has 0 aliphatic carbocycles. The largest absolute Gasteiger partial charge is 0.618 e. The number of carbonyl (C=O) groups excluding carboxylic acids is 5. The van der Waals surface area contributed by atoms with Crippen LogP contribution in [0.4, 0.5) is 0 Å². The molecule has 105 heavy (non-hydrogen) atoms. The molecule has 31 nitrogen and oxygen atoms in total. The predicted octanol–water partition coefficient (Wildman–Crippen LogP) is 8.08. The second-order valence-corrected chi connectivity index (χ2v) is 25.2. The van der Waals surface area contributed by atoms with Crippen molar-refractivity contribution in [3.8, 4) is 5.75 Å². The number of carbonyl (C=O) groups is 5. The first-order chi connectivity index (χ1) is 48.7. The second-order valence-electron chi connectivity index (χ2n) is 25.2. The summed E-state index contributed by atoms with van der Waals surface area (Å²) in [6, 6.07) is 24.3. The summed E-state index contributed by atoms with van der Waals surface area (Å²) in [4.78, 5) is 96.4. The van der Waals surface area contributed by atoms with Crippen LogP contribution in [0.25, 0.3) is 0 Å². The van der Waals surface area contributed by atoms with Gasteiger partial charge in [0.05, 0.1) is 140 Å². The first-order valence-electron chi connectivity index (χ1n) is 33.4. The number of ketones is 4. The third-order valence-electron chi connectivity index (χ3n) is 17.1. The number of hydrogen-bond donors (Lipinski definition) is 2. The Morgan fingerprint density at radius 3 is 0.952 bits per heavy atom. The summed E-state index contributed by atoms with van der Waals surface area (Å²) in [6.07, 6.45) is 0. The minimum absolute atomic E-state index is 0. The average Bonchev–Trinajstić information content (AvgIpc) is 1.73. The highest BCUT2D eigenvalue weighted by Gasteiger charge is 2.47. The summed E-state index contributed by atoms with van der Waals surface area (Å²) >= 11 is 0. The van der Waals surface area contributed by atoms with E-state index in [9.17, 15) is 38.8 Å². The molecule has 6 aromatic rings. The molecule has 31 heteroatoms. The SMILES string of the molecule is C.C.CC(=O)Oc1cc(C2(C)OCCO2)nc(C2(C)OCCO2)c1.CC(=O)c1cc(=O)cc(C(C)=O)[nH]1.CC(=O)c1cccc(C(C)=O)n1.CC1(c2cc(=O)cc(C3(C)OCCO3)[nH]2)OCCO1.CC1(c2cccc(C3(C)OCCO3)[n+]2[O-])OCCO1.CC1(c2cccc(C3(C)OCCO3)n2)OCCO1. The Hall–Kier alpha value is -8.19. The van der Waals surface area contributed by atoms with Gasteiger partial charge in [-0.1, -0.05) is 27.0 Å². The van der Waals surface area contributed by atoms with E-state index >= 15 is 0 Å². The zero-order chi connectivity index (χ0) is 74.6. The summed E-state index contributed by atoms with van der Waals surface area (Å²) in [5, 5.41) is 12.6. The zero-order valence-electron chi connectivity index (χ0n) is 60.0. The van der Waals surface area contributed by atoms with Crippen molar-refractivity contribution in [2.45, 2.75) is 151 Å². The van der Waals surface area contributed by atoms with Gasteiger partial charge < -0.3 is 95.7 Å². The Bertz CT molecular complexity index is 3890. The molecule has 0 radical (unpaired) electrons. The van der Waals surface area contributed by atoms with Gasteiger partial charge in [0.2, 0.25) is 34.7 Å². The minimum Gasteiger partial charge on any atom is -0.618 e. The van der Waals surface area contributed by atoms with Crippen molar-refractivity contribution in [2.75, 3.05) is 106 Å². The zero-order valence-corrected chi connectivity index (χ0v) is 60.0. The van der Waals surface area contributed by atoms with Crippen LogP contribution in [-0.2, 0) is 127 Å². The van der Waals surface area contributed by atoms with E-state index in [1.54, 1.807) is 90.1 Å². The number of aromatic nitrogens is 6. The second kappa shape index (κ2) is 35.5. The molecule has 8 fully saturated rings. The molecule has 14 rings (SSSR count). The van der Waals surface area contributed by atoms with Crippen LogP contribution < -0.4 is 20.3 Å². The van der Waals surface area contributed by atoms with Gasteiger partial charge in [0.1, 0.15) is 28.5 Å². The molecule has 8 aliphatic rings. The van der Waals surface area contributed by atoms with Gasteiger partial charge >= 0.3 is 5.97 Å². The van der Waals surface area contributed by atoms with E-state index in [2.05, 4.69) is 24.9 Å². The van der Waals surface area contributed by atoms with Crippen molar-refractivity contribution in [1.82, 2.24) is 24.9 Å². The summed E-state index contributed by atoms with van der Waals surface area (Å²) in [6.45, 7) is 29.4. The highest BCUT2D eigenvalue weighted by atomic mass is 16.8. The lowest BCUT2D eigenvalue weighted by Gasteiger charge is -2.27. The number of pyridine rings is 6. The number of rotatable bonds is 13. The molecular weight excluding hydrogens is 1370 g/mol. The molecule has 0 unspecified atom stereocenters. The van der Waals surface area contributed by atoms with E-state index in [0.29, 0.717) is 157 Å². The topological polar surface area (TPSA) is 374 Å². The number of nitrogens with one attached hydrogen (secondary N) is 2. The maximum Gasteiger partial charge on any atom is 0.308 e. The number of esters is 1. The first kappa shape index (κ1) is 84.1. The molecule has 0 bridgehead atoms. The van der Waals surface area contributed by atoms with Crippen molar-refractivity contribution in [2.24, 2.45) is 0 Å². The standard InChI is InChI=1S/C15H19NO6.2C13H17NO5.C13H17NO4.C9H9NO3.C9H9NO2.2CH4/c1-10(17)22-11-8-12(14(2)18-4-5-19-14)16-13(9-11)15(3)20-6-7-21-15;1-12(16-3-4-17-12)10-7-9(15)8-11(14-10)13(2)18-5-6-19-13;1-12(16-6-7-17-12)10-4-3-5-11(14(10)15)13(2)18-8-9-19-13;1-12(15-6-7-16-12)10-4-3-5-11(14-10)13(2)17-8-9-18-13;1-5(11)8-3-7(13)4-9(10-8)6(2)12;1-6(11)8-4-3-5-9(10-8)7(2)12;;/h8-9H,4-7H2,1-3H3;7-8H,3-6H2,1-2H3,(H,14,15);3-5H,6-9H2,1-2H3;3-5H,6-9H2,1-2H3;3-4H,1-2H3,(H,10,13);3-5H,1-2H3;2*1H4. The number of ether oxygens (including phenoxy) is 17. The van der Waals surface area contributed by atoms with E-state index in [4.69, 9.17) is 80.5 Å². The van der Waals surface area contributed by atoms with Crippen LogP contribution in [0.3, 0.4) is 0 Å². The monoisotopic (exact) mass is 1470 g/mol. The Balaban J connectivity index is 0.000000177. The number of Topliss-reactive ketones (excluding diaryl/α,β-unsaturated/α-hetero) is 4. The summed E-state index contributed by atoms with van der Waals surface area (Å²) in [5.74, 6) is -8.15. The van der Waals surface area contributed by atoms with Gasteiger partial charge in [0, 0.05) is 97.0 Å². The van der Waals surface area contributed by atoms with Crippen LogP contribution in [0, 0.1) is 5.21 Å². The van der Waals surface area contributed by atoms with Gasteiger partial charge in [-0.25, -0.2) is 15.0 Å². The third-order valence-corrected chi connectivity index (χ3v) is 17.1. The summed E-state index contributed by atoms with van der Waals surface area (Å²) in [7, 11) is 0. The lowest BCUT2D eigenvalue weighted by atomic mass is 10.1. The third kappa shape index (κ3) is 20.7. The molecule has 572 valence electrons. The molecule has 0 spiro atoms. The minimum atomic E-state index is -1.01. The Labute approximate surface area is 608 Å². The smallest absolute Gasteiger partial charge is 0.308 e. The molecule has 0 atom stereocenters. The van der Waals surface area contributed by atoms with Gasteiger partial charge in [-0.15, -0.1) is 0 Å². The normalized spacial score (nSPS) is 20.4. The maximum absolute atomic E-state index is 12.6. The van der Waals surface area contributed by atoms with Gasteiger partial charge in [0.15, 0.2) is 34.0 Å². The van der Waals surface area contributed by atoms with Crippen molar-refractivity contribution >= 4 is 29.1 Å². The van der Waals surface area contributed by atoms with E-state index in [0.717, 1.165) is 16.1 Å². The Kier molecular flexibility index (Phi) is 28.4. The molecule has 0 amide bonds. The molecule has 0 saturated carbocycles. The van der Waals surface area contributed by atoms with E-state index in [1.807, 2.05) is 32.0 Å². The van der Waals surface area contributed by atoms with E-state index in [-0.39, 0.29) is 60.2 Å². The summed E-state index contributed by atoms with van der Waals surface area (Å²) in [5.41, 5.74) is 5.01. The highest BCUT2D eigenvalue weighted by molar-refractivity contribution is 5.96. The van der Waals surface area contributed by atoms with Gasteiger partial charge in [-0.05, 0) is 71.9 Å². The first-order valence-corrected chi connectivity index (χ1v) is 33.4. The lowest BCUT2D eigenvalue weighted by molar-refractivity contribution is -0.648. The lowest BCUT2D eigenvalue weighted by Crippen LogP contribution is -2.49. The van der Waals surface area contributed by atoms with Crippen molar-refractivity contribution in [3.05, 3.63) is 185 Å². The van der Waals surface area contributed by atoms with E-state index < -0.39 is 52.3 Å². The van der Waals surface area contributed by atoms with Crippen molar-refractivity contribution in [1.29, 1.82) is 0 Å². The number of aromatic amines is 2. The molecule has 0 aromatic carbocycles. The number of nitrogens with zero attached hydrogens (tertiary/aromatic N) is 4. The van der Waals surface area contributed by atoms with Gasteiger partial charge in [-0.2, -0.15) is 4.73 Å². The molecule has 8 saturated heterocycles. The molecule has 14 heterocycles. The molecule has 6 aromatic heterocycles. The highest BCUT2D eigenvalue weighted by Crippen LogP contribution is 2.39. The quantitative estimate of drug-likeness (QED) is 0.0477. The van der Waals surface area contributed by atoms with Crippen molar-refractivity contribution < 1.29 is 109 Å². The average molecular weight is 1470 g/mol. The van der Waals surface area contributed by atoms with E-state index in [1.165, 1.54) is 58.9 Å². The van der Waals surface area contributed by atoms with Crippen LogP contribution >= 0.6 is 0 Å². The van der Waals surface area contributed by atoms with Crippen LogP contribution in [0.2, 0.25) is 0 Å². The van der Waals surface area contributed by atoms with Crippen LogP contribution in [-0.4, -0.2) is 160 Å². The van der Waals surface area contributed by atoms with Crippen molar-refractivity contribution in [3.63, 3.8) is 0 Å². The maximum atomic E-state index is 12.6. The number of hydrogen-bond acceptors (Lipinski definition) is 28. The van der Waals surface area contributed by atoms with Crippen LogP contribution in [0.5, 0.6) is 5.75 Å².